The Kier molecular flexibility index (Phi) is 3.98. The van der Waals surface area contributed by atoms with Crippen molar-refractivity contribution in [2.24, 2.45) is 0 Å². The van der Waals surface area contributed by atoms with E-state index in [1.807, 2.05) is 22.6 Å². The number of benzene rings is 1. The van der Waals surface area contributed by atoms with Crippen LogP contribution in [0.5, 0.6) is 0 Å². The maximum absolute atomic E-state index is 13.0. The van der Waals surface area contributed by atoms with E-state index >= 15 is 0 Å². The third-order valence-electron chi connectivity index (χ3n) is 2.51. The molecular formula is C13H10FIN2O2. The molecule has 0 spiro atoms. The standard InChI is InChI=1S/C13H10FIN2O2/c1-7-9(13(18)19)3-5-12(16-7)17-11-4-2-8(14)6-10(11)15/h2-6H,1H3,(H,16,17)(H,18,19). The molecule has 0 unspecified atom stereocenters. The lowest BCUT2D eigenvalue weighted by atomic mass is 10.2. The molecule has 6 heteroatoms. The minimum atomic E-state index is -1.01. The highest BCUT2D eigenvalue weighted by Gasteiger charge is 2.09. The van der Waals surface area contributed by atoms with E-state index < -0.39 is 5.97 Å². The number of carbonyl (C=O) groups is 1. The van der Waals surface area contributed by atoms with E-state index in [1.54, 1.807) is 19.1 Å². The molecule has 0 atom stereocenters. The minimum absolute atomic E-state index is 0.166. The topological polar surface area (TPSA) is 62.2 Å². The van der Waals surface area contributed by atoms with Crippen molar-refractivity contribution in [1.29, 1.82) is 0 Å². The molecule has 0 bridgehead atoms. The van der Waals surface area contributed by atoms with E-state index in [4.69, 9.17) is 5.11 Å². The Morgan fingerprint density at radius 3 is 2.68 bits per heavy atom. The summed E-state index contributed by atoms with van der Waals surface area (Å²) in [7, 11) is 0. The summed E-state index contributed by atoms with van der Waals surface area (Å²) in [6, 6.07) is 7.43. The average molecular weight is 372 g/mol. The number of hydrogen-bond donors (Lipinski definition) is 2. The van der Waals surface area contributed by atoms with E-state index in [1.165, 1.54) is 18.2 Å². The van der Waals surface area contributed by atoms with Gasteiger partial charge in [-0.05, 0) is 59.8 Å². The summed E-state index contributed by atoms with van der Waals surface area (Å²) in [5.41, 5.74) is 1.31. The number of nitrogens with one attached hydrogen (secondary N) is 1. The van der Waals surface area contributed by atoms with Gasteiger partial charge in [-0.25, -0.2) is 14.2 Å². The van der Waals surface area contributed by atoms with Crippen molar-refractivity contribution in [3.8, 4) is 0 Å². The van der Waals surface area contributed by atoms with Crippen LogP contribution in [0.15, 0.2) is 30.3 Å². The van der Waals surface area contributed by atoms with Crippen molar-refractivity contribution in [2.45, 2.75) is 6.92 Å². The Labute approximate surface area is 122 Å². The molecule has 2 rings (SSSR count). The third kappa shape index (κ3) is 3.19. The Bertz CT molecular complexity index is 647. The number of rotatable bonds is 3. The first-order valence-corrected chi connectivity index (χ1v) is 6.48. The summed E-state index contributed by atoms with van der Waals surface area (Å²) in [4.78, 5) is 15.0. The van der Waals surface area contributed by atoms with Gasteiger partial charge in [0.05, 0.1) is 16.9 Å². The van der Waals surface area contributed by atoms with Crippen LogP contribution in [-0.4, -0.2) is 16.1 Å². The molecule has 1 heterocycles. The maximum atomic E-state index is 13.0. The van der Waals surface area contributed by atoms with Crippen LogP contribution in [0.25, 0.3) is 0 Å². The smallest absolute Gasteiger partial charge is 0.337 e. The summed E-state index contributed by atoms with van der Waals surface area (Å²) in [6.45, 7) is 1.63. The molecule has 0 saturated heterocycles. The van der Waals surface area contributed by atoms with Crippen LogP contribution in [-0.2, 0) is 0 Å². The normalized spacial score (nSPS) is 10.3. The predicted molar refractivity (Wildman–Crippen MR) is 78.3 cm³/mol. The first-order valence-electron chi connectivity index (χ1n) is 5.40. The molecular weight excluding hydrogens is 362 g/mol. The van der Waals surface area contributed by atoms with Crippen LogP contribution in [0, 0.1) is 16.3 Å². The number of anilines is 2. The fraction of sp³-hybridized carbons (Fsp3) is 0.0769. The van der Waals surface area contributed by atoms with Crippen LogP contribution in [0.1, 0.15) is 16.1 Å². The van der Waals surface area contributed by atoms with E-state index in [0.29, 0.717) is 11.5 Å². The van der Waals surface area contributed by atoms with Gasteiger partial charge >= 0.3 is 5.97 Å². The molecule has 98 valence electrons. The Morgan fingerprint density at radius 2 is 2.11 bits per heavy atom. The van der Waals surface area contributed by atoms with Gasteiger partial charge in [-0.1, -0.05) is 0 Å². The molecule has 4 nitrogen and oxygen atoms in total. The lowest BCUT2D eigenvalue weighted by Crippen LogP contribution is -2.04. The quantitative estimate of drug-likeness (QED) is 0.809. The molecule has 0 amide bonds. The fourth-order valence-corrected chi connectivity index (χ4v) is 2.20. The Hall–Kier alpha value is -1.70. The molecule has 19 heavy (non-hydrogen) atoms. The second-order valence-electron chi connectivity index (χ2n) is 3.88. The molecule has 2 N–H and O–H groups in total. The lowest BCUT2D eigenvalue weighted by molar-refractivity contribution is 0.0695. The van der Waals surface area contributed by atoms with Gasteiger partial charge in [0.1, 0.15) is 11.6 Å². The number of pyridine rings is 1. The van der Waals surface area contributed by atoms with E-state index in [2.05, 4.69) is 10.3 Å². The van der Waals surface area contributed by atoms with Crippen LogP contribution in [0.3, 0.4) is 0 Å². The third-order valence-corrected chi connectivity index (χ3v) is 3.40. The summed E-state index contributed by atoms with van der Waals surface area (Å²) < 4.78 is 13.7. The molecule has 0 aliphatic carbocycles. The number of aryl methyl sites for hydroxylation is 1. The molecule has 0 radical (unpaired) electrons. The van der Waals surface area contributed by atoms with Gasteiger partial charge in [0.25, 0.3) is 0 Å². The van der Waals surface area contributed by atoms with Crippen molar-refractivity contribution >= 4 is 40.1 Å². The Balaban J connectivity index is 2.29. The minimum Gasteiger partial charge on any atom is -0.478 e. The van der Waals surface area contributed by atoms with Gasteiger partial charge in [-0.3, -0.25) is 0 Å². The zero-order valence-corrected chi connectivity index (χ0v) is 12.1. The predicted octanol–water partition coefficient (Wildman–Crippen LogP) is 3.58. The van der Waals surface area contributed by atoms with Crippen LogP contribution < -0.4 is 5.32 Å². The van der Waals surface area contributed by atoms with Gasteiger partial charge < -0.3 is 10.4 Å². The highest BCUT2D eigenvalue weighted by atomic mass is 127. The molecule has 1 aromatic heterocycles. The molecule has 0 fully saturated rings. The van der Waals surface area contributed by atoms with Crippen molar-refractivity contribution in [3.05, 3.63) is 51.0 Å². The van der Waals surface area contributed by atoms with Crippen molar-refractivity contribution in [1.82, 2.24) is 4.98 Å². The Morgan fingerprint density at radius 1 is 1.37 bits per heavy atom. The number of aromatic carboxylic acids is 1. The summed E-state index contributed by atoms with van der Waals surface area (Å²) >= 11 is 2.01. The first kappa shape index (κ1) is 13.7. The molecule has 0 aliphatic rings. The average Bonchev–Trinajstić information content (AvgIpc) is 2.32. The second kappa shape index (κ2) is 5.52. The summed E-state index contributed by atoms with van der Waals surface area (Å²) in [5.74, 6) is -0.791. The monoisotopic (exact) mass is 372 g/mol. The summed E-state index contributed by atoms with van der Waals surface area (Å²) in [5, 5.41) is 11.9. The van der Waals surface area contributed by atoms with E-state index in [0.717, 1.165) is 9.26 Å². The largest absolute Gasteiger partial charge is 0.478 e. The van der Waals surface area contributed by atoms with E-state index in [9.17, 15) is 9.18 Å². The highest BCUT2D eigenvalue weighted by molar-refractivity contribution is 14.1. The van der Waals surface area contributed by atoms with Crippen molar-refractivity contribution in [2.75, 3.05) is 5.32 Å². The van der Waals surface area contributed by atoms with Gasteiger partial charge in [-0.15, -0.1) is 0 Å². The van der Waals surface area contributed by atoms with Crippen LogP contribution in [0.2, 0.25) is 0 Å². The number of aromatic nitrogens is 1. The highest BCUT2D eigenvalue weighted by Crippen LogP contribution is 2.23. The SMILES string of the molecule is Cc1nc(Nc2ccc(F)cc2I)ccc1C(=O)O. The number of halogens is 2. The summed E-state index contributed by atoms with van der Waals surface area (Å²) in [6.07, 6.45) is 0. The van der Waals surface area contributed by atoms with Crippen LogP contribution in [0.4, 0.5) is 15.9 Å². The van der Waals surface area contributed by atoms with E-state index in [-0.39, 0.29) is 11.4 Å². The van der Waals surface area contributed by atoms with Gasteiger partial charge in [0.15, 0.2) is 0 Å². The molecule has 2 aromatic rings. The van der Waals surface area contributed by atoms with Gasteiger partial charge in [0, 0.05) is 3.57 Å². The fourth-order valence-electron chi connectivity index (χ4n) is 1.59. The second-order valence-corrected chi connectivity index (χ2v) is 5.05. The first-order chi connectivity index (χ1) is 8.97. The maximum Gasteiger partial charge on any atom is 0.337 e. The van der Waals surface area contributed by atoms with Crippen LogP contribution >= 0.6 is 22.6 Å². The molecule has 0 saturated carbocycles. The zero-order chi connectivity index (χ0) is 14.0. The van der Waals surface area contributed by atoms with Crippen molar-refractivity contribution in [3.63, 3.8) is 0 Å². The number of carboxylic acids is 1. The lowest BCUT2D eigenvalue weighted by Gasteiger charge is -2.09. The van der Waals surface area contributed by atoms with Crippen molar-refractivity contribution < 1.29 is 14.3 Å². The van der Waals surface area contributed by atoms with Gasteiger partial charge in [-0.2, -0.15) is 0 Å². The molecule has 1 aromatic carbocycles. The number of nitrogens with zero attached hydrogens (tertiary/aromatic N) is 1. The number of hydrogen-bond acceptors (Lipinski definition) is 3. The van der Waals surface area contributed by atoms with Gasteiger partial charge in [0.2, 0.25) is 0 Å². The molecule has 0 aliphatic heterocycles. The zero-order valence-electron chi connectivity index (χ0n) is 9.95. The number of carboxylic acid groups (broad SMARTS) is 1.